The maximum Gasteiger partial charge on any atom is 0.230 e. The molecule has 0 saturated heterocycles. The van der Waals surface area contributed by atoms with E-state index in [0.29, 0.717) is 16.8 Å². The number of nitrogens with zero attached hydrogens (tertiary/aromatic N) is 2. The molecule has 0 bridgehead atoms. The predicted molar refractivity (Wildman–Crippen MR) is 74.9 cm³/mol. The Morgan fingerprint density at radius 1 is 1.40 bits per heavy atom. The number of aromatic amines is 1. The van der Waals surface area contributed by atoms with Crippen molar-refractivity contribution in [2.45, 2.75) is 6.92 Å². The average Bonchev–Trinajstić information content (AvgIpc) is 2.81. The highest BCUT2D eigenvalue weighted by Crippen LogP contribution is 2.34. The number of nitrogens with one attached hydrogen (secondary N) is 1. The first-order valence-corrected chi connectivity index (χ1v) is 6.02. The zero-order chi connectivity index (χ0) is 14.1. The highest BCUT2D eigenvalue weighted by atomic mass is 16.5. The maximum atomic E-state index is 12.1. The fraction of sp³-hybridized carbons (Fsp3) is 0.0714. The van der Waals surface area contributed by atoms with Crippen molar-refractivity contribution in [1.82, 2.24) is 15.1 Å². The second-order valence-corrected chi connectivity index (χ2v) is 4.41. The van der Waals surface area contributed by atoms with Gasteiger partial charge in [0.25, 0.3) is 0 Å². The summed E-state index contributed by atoms with van der Waals surface area (Å²) in [6, 6.07) is 5.12. The number of anilines is 1. The van der Waals surface area contributed by atoms with Gasteiger partial charge in [0.15, 0.2) is 5.43 Å². The molecular formula is C14H12N4O2. The minimum atomic E-state index is -0.139. The molecule has 100 valence electrons. The third-order valence-electron chi connectivity index (χ3n) is 2.98. The van der Waals surface area contributed by atoms with Crippen LogP contribution in [0.15, 0.2) is 46.1 Å². The molecule has 0 fully saturated rings. The van der Waals surface area contributed by atoms with Gasteiger partial charge < -0.3 is 15.2 Å². The van der Waals surface area contributed by atoms with Crippen LogP contribution in [0.1, 0.15) is 5.69 Å². The Hall–Kier alpha value is -2.89. The van der Waals surface area contributed by atoms with Crippen molar-refractivity contribution in [2.75, 3.05) is 5.73 Å². The van der Waals surface area contributed by atoms with Gasteiger partial charge in [0.2, 0.25) is 5.88 Å². The number of aromatic nitrogens is 3. The molecule has 3 heterocycles. The van der Waals surface area contributed by atoms with E-state index in [9.17, 15) is 4.79 Å². The first-order valence-electron chi connectivity index (χ1n) is 6.02. The average molecular weight is 268 g/mol. The number of rotatable bonds is 2. The van der Waals surface area contributed by atoms with E-state index in [2.05, 4.69) is 15.1 Å². The number of nitrogens with two attached hydrogens (primary N) is 1. The summed E-state index contributed by atoms with van der Waals surface area (Å²) in [7, 11) is 0. The van der Waals surface area contributed by atoms with Crippen molar-refractivity contribution in [2.24, 2.45) is 0 Å². The Bertz CT molecular complexity index is 806. The molecule has 3 aromatic heterocycles. The Morgan fingerprint density at radius 3 is 2.95 bits per heavy atom. The van der Waals surface area contributed by atoms with Crippen molar-refractivity contribution in [3.8, 4) is 22.4 Å². The molecule has 3 rings (SSSR count). The molecule has 0 aliphatic rings. The van der Waals surface area contributed by atoms with Crippen molar-refractivity contribution < 1.29 is 4.52 Å². The first kappa shape index (κ1) is 12.2. The Kier molecular flexibility index (Phi) is 2.83. The van der Waals surface area contributed by atoms with Crippen LogP contribution in [0, 0.1) is 6.92 Å². The summed E-state index contributed by atoms with van der Waals surface area (Å²) < 4.78 is 5.04. The van der Waals surface area contributed by atoms with Gasteiger partial charge in [-0.2, -0.15) is 0 Å². The summed E-state index contributed by atoms with van der Waals surface area (Å²) in [5.41, 5.74) is 8.61. The van der Waals surface area contributed by atoms with E-state index < -0.39 is 0 Å². The minimum absolute atomic E-state index is 0.139. The molecule has 0 aromatic carbocycles. The molecule has 3 N–H and O–H groups in total. The number of hydrogen-bond donors (Lipinski definition) is 2. The van der Waals surface area contributed by atoms with Gasteiger partial charge in [0.1, 0.15) is 5.69 Å². The van der Waals surface area contributed by atoms with Crippen LogP contribution in [-0.2, 0) is 0 Å². The molecular weight excluding hydrogens is 256 g/mol. The topological polar surface area (TPSA) is 97.8 Å². The quantitative estimate of drug-likeness (QED) is 0.740. The fourth-order valence-corrected chi connectivity index (χ4v) is 2.03. The molecule has 3 aromatic rings. The lowest BCUT2D eigenvalue weighted by Crippen LogP contribution is -2.06. The van der Waals surface area contributed by atoms with E-state index in [4.69, 9.17) is 10.3 Å². The molecule has 0 atom stereocenters. The minimum Gasteiger partial charge on any atom is -0.367 e. The van der Waals surface area contributed by atoms with Gasteiger partial charge in [-0.3, -0.25) is 9.78 Å². The molecule has 0 aliphatic carbocycles. The van der Waals surface area contributed by atoms with Crippen molar-refractivity contribution in [3.05, 3.63) is 52.7 Å². The lowest BCUT2D eigenvalue weighted by Gasteiger charge is -2.02. The lowest BCUT2D eigenvalue weighted by atomic mass is 10.0. The normalized spacial score (nSPS) is 10.7. The van der Waals surface area contributed by atoms with Gasteiger partial charge in [-0.25, -0.2) is 0 Å². The van der Waals surface area contributed by atoms with Crippen LogP contribution in [0.5, 0.6) is 0 Å². The zero-order valence-electron chi connectivity index (χ0n) is 10.8. The van der Waals surface area contributed by atoms with E-state index in [1.165, 1.54) is 6.07 Å². The molecule has 0 aliphatic heterocycles. The summed E-state index contributed by atoms with van der Waals surface area (Å²) in [5.74, 6) is 0.160. The van der Waals surface area contributed by atoms with Crippen LogP contribution in [0.2, 0.25) is 0 Å². The lowest BCUT2D eigenvalue weighted by molar-refractivity contribution is 0.439. The van der Waals surface area contributed by atoms with E-state index in [-0.39, 0.29) is 11.3 Å². The smallest absolute Gasteiger partial charge is 0.230 e. The highest BCUT2D eigenvalue weighted by Gasteiger charge is 2.19. The third kappa shape index (κ3) is 1.97. The summed E-state index contributed by atoms with van der Waals surface area (Å²) in [5, 5.41) is 3.91. The van der Waals surface area contributed by atoms with Gasteiger partial charge in [-0.15, -0.1) is 0 Å². The Morgan fingerprint density at radius 2 is 2.25 bits per heavy atom. The van der Waals surface area contributed by atoms with Crippen molar-refractivity contribution in [3.63, 3.8) is 0 Å². The Balaban J connectivity index is 2.24. The van der Waals surface area contributed by atoms with E-state index in [1.54, 1.807) is 24.7 Å². The van der Waals surface area contributed by atoms with E-state index in [0.717, 1.165) is 11.3 Å². The first-order chi connectivity index (χ1) is 9.66. The van der Waals surface area contributed by atoms with Gasteiger partial charge in [-0.05, 0) is 13.0 Å². The second kappa shape index (κ2) is 4.65. The molecule has 0 radical (unpaired) electrons. The fourth-order valence-electron chi connectivity index (χ4n) is 2.03. The molecule has 0 unspecified atom stereocenters. The SMILES string of the molecule is Cc1cc(=O)c(-c2noc(N)c2-c2cccnc2)c[nH]1. The van der Waals surface area contributed by atoms with Crippen molar-refractivity contribution >= 4 is 5.88 Å². The van der Waals surface area contributed by atoms with Crippen LogP contribution in [0.25, 0.3) is 22.4 Å². The number of H-pyrrole nitrogens is 1. The van der Waals surface area contributed by atoms with Crippen LogP contribution >= 0.6 is 0 Å². The van der Waals surface area contributed by atoms with Crippen LogP contribution < -0.4 is 11.2 Å². The van der Waals surface area contributed by atoms with Crippen LogP contribution in [0.3, 0.4) is 0 Å². The van der Waals surface area contributed by atoms with Gasteiger partial charge >= 0.3 is 0 Å². The third-order valence-corrected chi connectivity index (χ3v) is 2.98. The molecule has 20 heavy (non-hydrogen) atoms. The largest absolute Gasteiger partial charge is 0.367 e. The summed E-state index contributed by atoms with van der Waals surface area (Å²) in [6.45, 7) is 1.81. The maximum absolute atomic E-state index is 12.1. The van der Waals surface area contributed by atoms with Gasteiger partial charge in [-0.1, -0.05) is 11.2 Å². The van der Waals surface area contributed by atoms with E-state index in [1.807, 2.05) is 13.0 Å². The van der Waals surface area contributed by atoms with E-state index >= 15 is 0 Å². The van der Waals surface area contributed by atoms with Crippen LogP contribution in [-0.4, -0.2) is 15.1 Å². The molecule has 0 spiro atoms. The van der Waals surface area contributed by atoms with Crippen molar-refractivity contribution in [1.29, 1.82) is 0 Å². The van der Waals surface area contributed by atoms with Gasteiger partial charge in [0.05, 0.1) is 11.1 Å². The standard InChI is InChI=1S/C14H12N4O2/c1-8-5-11(19)10(7-17-8)13-12(14(15)20-18-13)9-3-2-4-16-6-9/h2-7H,15H2,1H3,(H,17,19). The molecule has 0 saturated carbocycles. The molecule has 6 heteroatoms. The predicted octanol–water partition coefficient (Wildman–Crippen LogP) is 1.98. The van der Waals surface area contributed by atoms with Crippen LogP contribution in [0.4, 0.5) is 5.88 Å². The summed E-state index contributed by atoms with van der Waals surface area (Å²) in [6.07, 6.45) is 4.91. The Labute approximate surface area is 114 Å². The molecule has 6 nitrogen and oxygen atoms in total. The number of pyridine rings is 2. The number of nitrogen functional groups attached to an aromatic ring is 1. The summed E-state index contributed by atoms with van der Waals surface area (Å²) in [4.78, 5) is 19.1. The number of hydrogen-bond acceptors (Lipinski definition) is 5. The number of aryl methyl sites for hydroxylation is 1. The second-order valence-electron chi connectivity index (χ2n) is 4.41. The summed E-state index contributed by atoms with van der Waals surface area (Å²) >= 11 is 0. The van der Waals surface area contributed by atoms with Gasteiger partial charge in [0, 0.05) is 35.9 Å². The highest BCUT2D eigenvalue weighted by molar-refractivity contribution is 5.86. The zero-order valence-corrected chi connectivity index (χ0v) is 10.8. The monoisotopic (exact) mass is 268 g/mol. The molecule has 0 amide bonds.